The highest BCUT2D eigenvalue weighted by Crippen LogP contribution is 2.39. The number of rotatable bonds is 6. The molecule has 0 aliphatic carbocycles. The Morgan fingerprint density at radius 3 is 2.62 bits per heavy atom. The van der Waals surface area contributed by atoms with Crippen molar-refractivity contribution in [2.24, 2.45) is 0 Å². The molecule has 2 aromatic carbocycles. The molecule has 1 atom stereocenters. The lowest BCUT2D eigenvalue weighted by molar-refractivity contribution is -0.124. The third-order valence-electron chi connectivity index (χ3n) is 6.57. The van der Waals surface area contributed by atoms with Gasteiger partial charge in [0, 0.05) is 36.3 Å². The fraction of sp³-hybridized carbons (Fsp3) is 0.346. The standard InChI is InChI=1S/C26H27N3O5/c30-15-21(25(32)27-14-16-6-2-1-3-7-16)28-24(31)20-13-18-12-17-8-4-10-29-11-5-9-19(22(17)29)23(18)34-26(20)33/h1-3,6-7,12-13,21,30H,4-5,8-11,14-15H2,(H,27,32)(H,28,31)/t21-/m0/s1. The molecular formula is C26H27N3O5. The highest BCUT2D eigenvalue weighted by Gasteiger charge is 2.28. The van der Waals surface area contributed by atoms with Crippen LogP contribution in [0.3, 0.4) is 0 Å². The van der Waals surface area contributed by atoms with Crippen molar-refractivity contribution in [2.75, 3.05) is 24.6 Å². The van der Waals surface area contributed by atoms with Gasteiger partial charge in [-0.3, -0.25) is 9.59 Å². The number of anilines is 1. The summed E-state index contributed by atoms with van der Waals surface area (Å²) in [6.45, 7) is 1.67. The summed E-state index contributed by atoms with van der Waals surface area (Å²) in [5.74, 6) is -1.29. The molecule has 1 aromatic heterocycles. The van der Waals surface area contributed by atoms with Crippen LogP contribution in [0.5, 0.6) is 0 Å². The van der Waals surface area contributed by atoms with Crippen molar-refractivity contribution in [1.29, 1.82) is 0 Å². The lowest BCUT2D eigenvalue weighted by atomic mass is 9.90. The number of fused-ring (bicyclic) bond motifs is 2. The smallest absolute Gasteiger partial charge is 0.349 e. The largest absolute Gasteiger partial charge is 0.422 e. The van der Waals surface area contributed by atoms with Crippen molar-refractivity contribution in [2.45, 2.75) is 38.3 Å². The van der Waals surface area contributed by atoms with Gasteiger partial charge < -0.3 is 25.1 Å². The second-order valence-electron chi connectivity index (χ2n) is 8.83. The van der Waals surface area contributed by atoms with E-state index in [0.717, 1.165) is 49.9 Å². The third kappa shape index (κ3) is 4.17. The summed E-state index contributed by atoms with van der Waals surface area (Å²) in [4.78, 5) is 40.5. The van der Waals surface area contributed by atoms with Crippen LogP contribution in [0, 0.1) is 0 Å². The first-order chi connectivity index (χ1) is 16.5. The van der Waals surface area contributed by atoms with Crippen LogP contribution in [-0.2, 0) is 24.2 Å². The van der Waals surface area contributed by atoms with Crippen LogP contribution in [-0.4, -0.2) is 42.7 Å². The molecule has 0 bridgehead atoms. The molecule has 0 spiro atoms. The highest BCUT2D eigenvalue weighted by atomic mass is 16.4. The molecule has 5 rings (SSSR count). The maximum Gasteiger partial charge on any atom is 0.349 e. The van der Waals surface area contributed by atoms with Crippen LogP contribution in [0.15, 0.2) is 51.7 Å². The minimum Gasteiger partial charge on any atom is -0.422 e. The number of nitrogens with zero attached hydrogens (tertiary/aromatic N) is 1. The van der Waals surface area contributed by atoms with E-state index in [1.165, 1.54) is 17.3 Å². The van der Waals surface area contributed by atoms with Crippen molar-refractivity contribution in [3.63, 3.8) is 0 Å². The monoisotopic (exact) mass is 461 g/mol. The summed E-state index contributed by atoms with van der Waals surface area (Å²) in [6.07, 6.45) is 3.84. The van der Waals surface area contributed by atoms with Crippen LogP contribution < -0.4 is 21.2 Å². The maximum absolute atomic E-state index is 12.9. The number of aliphatic hydroxyl groups is 1. The lowest BCUT2D eigenvalue weighted by Crippen LogP contribution is -2.49. The predicted molar refractivity (Wildman–Crippen MR) is 128 cm³/mol. The molecule has 2 amide bonds. The van der Waals surface area contributed by atoms with E-state index in [2.05, 4.69) is 15.5 Å². The molecule has 3 aromatic rings. The van der Waals surface area contributed by atoms with E-state index in [0.29, 0.717) is 11.0 Å². The number of carbonyl (C=O) groups excluding carboxylic acids is 2. The van der Waals surface area contributed by atoms with Crippen molar-refractivity contribution in [3.05, 3.63) is 75.1 Å². The van der Waals surface area contributed by atoms with Gasteiger partial charge >= 0.3 is 5.63 Å². The zero-order valence-corrected chi connectivity index (χ0v) is 18.8. The van der Waals surface area contributed by atoms with Gasteiger partial charge in [0.05, 0.1) is 6.61 Å². The molecule has 0 radical (unpaired) electrons. The maximum atomic E-state index is 12.9. The Bertz CT molecular complexity index is 1300. The summed E-state index contributed by atoms with van der Waals surface area (Å²) in [7, 11) is 0. The molecule has 0 saturated heterocycles. The first-order valence-corrected chi connectivity index (χ1v) is 11.7. The summed E-state index contributed by atoms with van der Waals surface area (Å²) in [6, 6.07) is 11.7. The van der Waals surface area contributed by atoms with Crippen LogP contribution in [0.25, 0.3) is 11.0 Å². The van der Waals surface area contributed by atoms with Gasteiger partial charge in [0.1, 0.15) is 17.2 Å². The number of hydrogen-bond donors (Lipinski definition) is 3. The zero-order valence-electron chi connectivity index (χ0n) is 18.8. The highest BCUT2D eigenvalue weighted by molar-refractivity contribution is 6.00. The van der Waals surface area contributed by atoms with Gasteiger partial charge in [0.2, 0.25) is 5.91 Å². The van der Waals surface area contributed by atoms with Gasteiger partial charge in [-0.2, -0.15) is 0 Å². The first kappa shape index (κ1) is 22.2. The average Bonchev–Trinajstić information content (AvgIpc) is 2.86. The van der Waals surface area contributed by atoms with E-state index >= 15 is 0 Å². The number of aryl methyl sites for hydroxylation is 2. The molecule has 2 aliphatic heterocycles. The minimum absolute atomic E-state index is 0.183. The van der Waals surface area contributed by atoms with E-state index in [1.54, 1.807) is 0 Å². The van der Waals surface area contributed by atoms with Gasteiger partial charge in [0.25, 0.3) is 5.91 Å². The summed E-state index contributed by atoms with van der Waals surface area (Å²) >= 11 is 0. The van der Waals surface area contributed by atoms with Crippen LogP contribution in [0.4, 0.5) is 5.69 Å². The molecule has 8 heteroatoms. The number of nitrogens with one attached hydrogen (secondary N) is 2. The molecule has 0 unspecified atom stereocenters. The van der Waals surface area contributed by atoms with Crippen molar-refractivity contribution >= 4 is 28.5 Å². The number of carbonyl (C=O) groups is 2. The Morgan fingerprint density at radius 2 is 1.85 bits per heavy atom. The Hall–Kier alpha value is -3.65. The minimum atomic E-state index is -1.19. The third-order valence-corrected chi connectivity index (χ3v) is 6.57. The Morgan fingerprint density at radius 1 is 1.09 bits per heavy atom. The second kappa shape index (κ2) is 9.30. The topological polar surface area (TPSA) is 112 Å². The first-order valence-electron chi connectivity index (χ1n) is 11.7. The van der Waals surface area contributed by atoms with E-state index in [4.69, 9.17) is 4.42 Å². The quantitative estimate of drug-likeness (QED) is 0.484. The summed E-state index contributed by atoms with van der Waals surface area (Å²) in [5.41, 5.74) is 3.91. The molecule has 8 nitrogen and oxygen atoms in total. The number of benzene rings is 2. The number of amides is 2. The van der Waals surface area contributed by atoms with E-state index in [9.17, 15) is 19.5 Å². The van der Waals surface area contributed by atoms with Gasteiger partial charge in [-0.15, -0.1) is 0 Å². The van der Waals surface area contributed by atoms with Crippen molar-refractivity contribution in [1.82, 2.24) is 10.6 Å². The predicted octanol–water partition coefficient (Wildman–Crippen LogP) is 1.90. The molecule has 3 N–H and O–H groups in total. The molecule has 2 aliphatic rings. The molecular weight excluding hydrogens is 434 g/mol. The second-order valence-corrected chi connectivity index (χ2v) is 8.83. The average molecular weight is 462 g/mol. The van der Waals surface area contributed by atoms with Crippen molar-refractivity contribution in [3.8, 4) is 0 Å². The van der Waals surface area contributed by atoms with E-state index < -0.39 is 30.1 Å². The van der Waals surface area contributed by atoms with Crippen molar-refractivity contribution < 1.29 is 19.1 Å². The molecule has 3 heterocycles. The SMILES string of the molecule is O=C(N[C@@H](CO)C(=O)NCc1ccccc1)c1cc2cc3c4c(c2oc1=O)CCCN4CCC3. The number of aliphatic hydroxyl groups excluding tert-OH is 1. The van der Waals surface area contributed by atoms with E-state index in [-0.39, 0.29) is 12.1 Å². The Kier molecular flexibility index (Phi) is 6.06. The van der Waals surface area contributed by atoms with Gasteiger partial charge in [-0.25, -0.2) is 4.79 Å². The van der Waals surface area contributed by atoms with E-state index in [1.807, 2.05) is 36.4 Å². The van der Waals surface area contributed by atoms with Crippen LogP contribution in [0.2, 0.25) is 0 Å². The van der Waals surface area contributed by atoms with Gasteiger partial charge in [-0.05, 0) is 48.9 Å². The zero-order chi connectivity index (χ0) is 23.7. The molecule has 176 valence electrons. The van der Waals surface area contributed by atoms with Gasteiger partial charge in [0.15, 0.2) is 0 Å². The molecule has 0 saturated carbocycles. The van der Waals surface area contributed by atoms with Crippen LogP contribution >= 0.6 is 0 Å². The Balaban J connectivity index is 1.38. The fourth-order valence-electron chi connectivity index (χ4n) is 4.94. The Labute approximate surface area is 196 Å². The number of hydrogen-bond acceptors (Lipinski definition) is 6. The molecule has 34 heavy (non-hydrogen) atoms. The fourth-order valence-corrected chi connectivity index (χ4v) is 4.94. The van der Waals surface area contributed by atoms with Gasteiger partial charge in [-0.1, -0.05) is 30.3 Å². The normalized spacial score (nSPS) is 15.5. The summed E-state index contributed by atoms with van der Waals surface area (Å²) in [5, 5.41) is 15.5. The van der Waals surface area contributed by atoms with Crippen LogP contribution in [0.1, 0.15) is 39.9 Å². The summed E-state index contributed by atoms with van der Waals surface area (Å²) < 4.78 is 5.66. The lowest BCUT2D eigenvalue weighted by Gasteiger charge is -2.37. The molecule has 0 fully saturated rings.